The van der Waals surface area contributed by atoms with Gasteiger partial charge in [-0.1, -0.05) is 55.0 Å². The van der Waals surface area contributed by atoms with Crippen molar-refractivity contribution in [2.24, 2.45) is 5.92 Å². The molecule has 2 fully saturated rings. The first-order valence-electron chi connectivity index (χ1n) is 12.2. The highest BCUT2D eigenvalue weighted by Gasteiger charge is 2.42. The maximum Gasteiger partial charge on any atom is 0.407 e. The highest BCUT2D eigenvalue weighted by atomic mass is 16.5. The number of hydrogen-bond acceptors (Lipinski definition) is 5. The molecule has 1 heterocycles. The van der Waals surface area contributed by atoms with E-state index < -0.39 is 24.2 Å². The van der Waals surface area contributed by atoms with E-state index in [2.05, 4.69) is 29.6 Å². The first-order valence-corrected chi connectivity index (χ1v) is 12.2. The lowest BCUT2D eigenvalue weighted by atomic mass is 9.84. The smallest absolute Gasteiger partial charge is 0.407 e. The molecule has 1 saturated heterocycles. The third-order valence-corrected chi connectivity index (χ3v) is 7.54. The van der Waals surface area contributed by atoms with Crippen molar-refractivity contribution in [2.75, 3.05) is 13.2 Å². The second-order valence-corrected chi connectivity index (χ2v) is 9.76. The Balaban J connectivity index is 1.18. The summed E-state index contributed by atoms with van der Waals surface area (Å²) in [4.78, 5) is 38.5. The number of rotatable bonds is 5. The summed E-state index contributed by atoms with van der Waals surface area (Å²) in [6.07, 6.45) is 1.28. The number of likely N-dealkylation sites (tertiary alicyclic amines) is 1. The largest absolute Gasteiger partial charge is 0.480 e. The average molecular weight is 479 g/mol. The second-order valence-electron chi connectivity index (χ2n) is 9.76. The van der Waals surface area contributed by atoms with Crippen molar-refractivity contribution in [3.63, 3.8) is 0 Å². The van der Waals surface area contributed by atoms with Crippen molar-refractivity contribution in [3.8, 4) is 11.1 Å². The summed E-state index contributed by atoms with van der Waals surface area (Å²) in [5, 5.41) is 22.2. The predicted octanol–water partition coefficient (Wildman–Crippen LogP) is 3.13. The summed E-state index contributed by atoms with van der Waals surface area (Å²) in [6, 6.07) is 15.1. The van der Waals surface area contributed by atoms with Crippen molar-refractivity contribution in [1.29, 1.82) is 0 Å². The third kappa shape index (κ3) is 4.62. The van der Waals surface area contributed by atoms with Gasteiger partial charge < -0.3 is 25.2 Å². The second kappa shape index (κ2) is 9.70. The van der Waals surface area contributed by atoms with Crippen molar-refractivity contribution in [2.45, 2.75) is 56.2 Å². The fourth-order valence-electron chi connectivity index (χ4n) is 5.88. The van der Waals surface area contributed by atoms with E-state index in [9.17, 15) is 24.6 Å². The average Bonchev–Trinajstić information content (AvgIpc) is 3.41. The van der Waals surface area contributed by atoms with Crippen LogP contribution in [-0.2, 0) is 14.3 Å². The minimum absolute atomic E-state index is 0.0246. The fourth-order valence-corrected chi connectivity index (χ4v) is 5.88. The molecule has 2 aromatic rings. The molecule has 5 rings (SSSR count). The number of aliphatic hydroxyl groups is 1. The number of hydrogen-bond donors (Lipinski definition) is 3. The molecule has 2 aliphatic carbocycles. The topological polar surface area (TPSA) is 116 Å². The summed E-state index contributed by atoms with van der Waals surface area (Å²) in [7, 11) is 0. The van der Waals surface area contributed by atoms with Gasteiger partial charge in [-0.2, -0.15) is 0 Å². The van der Waals surface area contributed by atoms with Gasteiger partial charge >= 0.3 is 12.1 Å². The van der Waals surface area contributed by atoms with Gasteiger partial charge in [0.05, 0.1) is 6.10 Å². The van der Waals surface area contributed by atoms with E-state index in [0.29, 0.717) is 12.8 Å². The summed E-state index contributed by atoms with van der Waals surface area (Å²) < 4.78 is 5.64. The minimum Gasteiger partial charge on any atom is -0.480 e. The van der Waals surface area contributed by atoms with Crippen LogP contribution in [0.25, 0.3) is 11.1 Å². The number of ether oxygens (including phenoxy) is 1. The van der Waals surface area contributed by atoms with Gasteiger partial charge in [0.15, 0.2) is 0 Å². The number of aliphatic carboxylic acids is 1. The molecule has 0 aromatic heterocycles. The van der Waals surface area contributed by atoms with Crippen LogP contribution in [0.4, 0.5) is 4.79 Å². The Kier molecular flexibility index (Phi) is 6.47. The van der Waals surface area contributed by atoms with E-state index >= 15 is 0 Å². The molecule has 8 heteroatoms. The lowest BCUT2D eigenvalue weighted by Gasteiger charge is -2.32. The molecule has 184 valence electrons. The Morgan fingerprint density at radius 3 is 2.29 bits per heavy atom. The number of β-amino-alcohol motifs (C(OH)–C–C–N with tert-alkyl or cyclic N) is 1. The number of alkyl carbamates (subject to hydrolysis) is 1. The number of nitrogens with zero attached hydrogens (tertiary/aromatic N) is 1. The van der Waals surface area contributed by atoms with E-state index in [1.165, 1.54) is 4.90 Å². The SMILES string of the molecule is O=C(N[C@@H]1CCC[C@H](C(=O)N2C[C@@H](O)C[C@H]2C(=O)O)C1)OCC1c2ccccc2-c2ccccc21. The number of amides is 2. The van der Waals surface area contributed by atoms with Gasteiger partial charge in [0.2, 0.25) is 5.91 Å². The molecule has 0 radical (unpaired) electrons. The van der Waals surface area contributed by atoms with Crippen LogP contribution in [-0.4, -0.2) is 64.4 Å². The first kappa shape index (κ1) is 23.4. The third-order valence-electron chi connectivity index (χ3n) is 7.54. The number of nitrogens with one attached hydrogen (secondary N) is 1. The summed E-state index contributed by atoms with van der Waals surface area (Å²) in [5.41, 5.74) is 4.62. The molecular weight excluding hydrogens is 448 g/mol. The maximum atomic E-state index is 13.0. The van der Waals surface area contributed by atoms with Crippen LogP contribution >= 0.6 is 0 Å². The van der Waals surface area contributed by atoms with Crippen LogP contribution in [0.15, 0.2) is 48.5 Å². The zero-order valence-corrected chi connectivity index (χ0v) is 19.4. The van der Waals surface area contributed by atoms with Crippen LogP contribution in [0.5, 0.6) is 0 Å². The van der Waals surface area contributed by atoms with Gasteiger partial charge in [-0.15, -0.1) is 0 Å². The lowest BCUT2D eigenvalue weighted by molar-refractivity contribution is -0.150. The van der Waals surface area contributed by atoms with Gasteiger partial charge in [0.1, 0.15) is 12.6 Å². The summed E-state index contributed by atoms with van der Waals surface area (Å²) in [5.74, 6) is -1.76. The van der Waals surface area contributed by atoms with E-state index in [4.69, 9.17) is 4.74 Å². The molecule has 8 nitrogen and oxygen atoms in total. The Morgan fingerprint density at radius 2 is 1.63 bits per heavy atom. The molecule has 4 atom stereocenters. The number of benzene rings is 2. The maximum absolute atomic E-state index is 13.0. The molecule has 35 heavy (non-hydrogen) atoms. The zero-order chi connectivity index (χ0) is 24.5. The van der Waals surface area contributed by atoms with E-state index in [1.54, 1.807) is 0 Å². The van der Waals surface area contributed by atoms with Crippen LogP contribution in [0.3, 0.4) is 0 Å². The summed E-state index contributed by atoms with van der Waals surface area (Å²) >= 11 is 0. The molecule has 0 unspecified atom stereocenters. The Bertz CT molecular complexity index is 1090. The molecule has 2 aromatic carbocycles. The molecule has 3 N–H and O–H groups in total. The predicted molar refractivity (Wildman–Crippen MR) is 128 cm³/mol. The zero-order valence-electron chi connectivity index (χ0n) is 19.4. The quantitative estimate of drug-likeness (QED) is 0.608. The van der Waals surface area contributed by atoms with Crippen molar-refractivity contribution < 1.29 is 29.3 Å². The molecular formula is C27H30N2O6. The molecule has 2 amide bonds. The van der Waals surface area contributed by atoms with Crippen LogP contribution in [0.1, 0.15) is 49.1 Å². The molecule has 3 aliphatic rings. The standard InChI is InChI=1S/C27H30N2O6/c30-18-13-24(26(32)33)29(14-18)25(31)16-6-5-7-17(12-16)28-27(34)35-15-23-21-10-3-1-8-19(21)20-9-2-4-11-22(20)23/h1-4,8-11,16-18,23-24,30H,5-7,12-15H2,(H,28,34)(H,32,33)/t16-,17+,18-,24-/m0/s1. The van der Waals surface area contributed by atoms with Gasteiger partial charge in [-0.05, 0) is 41.5 Å². The van der Waals surface area contributed by atoms with Gasteiger partial charge in [0.25, 0.3) is 0 Å². The van der Waals surface area contributed by atoms with E-state index in [1.807, 2.05) is 24.3 Å². The number of aliphatic hydroxyl groups excluding tert-OH is 1. The number of fused-ring (bicyclic) bond motifs is 3. The van der Waals surface area contributed by atoms with Crippen LogP contribution in [0.2, 0.25) is 0 Å². The Morgan fingerprint density at radius 1 is 0.971 bits per heavy atom. The molecule has 1 aliphatic heterocycles. The Labute approximate surface area is 203 Å². The fraction of sp³-hybridized carbons (Fsp3) is 0.444. The summed E-state index contributed by atoms with van der Waals surface area (Å²) in [6.45, 7) is 0.262. The van der Waals surface area contributed by atoms with Crippen molar-refractivity contribution in [1.82, 2.24) is 10.2 Å². The normalized spacial score (nSPS) is 25.6. The van der Waals surface area contributed by atoms with Crippen molar-refractivity contribution in [3.05, 3.63) is 59.7 Å². The van der Waals surface area contributed by atoms with Gasteiger partial charge in [-0.3, -0.25) is 4.79 Å². The number of carboxylic acids is 1. The van der Waals surface area contributed by atoms with Crippen molar-refractivity contribution >= 4 is 18.0 Å². The number of carboxylic acid groups (broad SMARTS) is 1. The highest BCUT2D eigenvalue weighted by Crippen LogP contribution is 2.44. The lowest BCUT2D eigenvalue weighted by Crippen LogP contribution is -2.47. The van der Waals surface area contributed by atoms with Crippen LogP contribution < -0.4 is 5.32 Å². The molecule has 1 saturated carbocycles. The number of carbonyl (C=O) groups excluding carboxylic acids is 2. The minimum atomic E-state index is -1.10. The number of carbonyl (C=O) groups is 3. The molecule has 0 bridgehead atoms. The van der Waals surface area contributed by atoms with Crippen LogP contribution in [0, 0.1) is 5.92 Å². The van der Waals surface area contributed by atoms with Gasteiger partial charge in [0, 0.05) is 30.8 Å². The van der Waals surface area contributed by atoms with E-state index in [-0.39, 0.29) is 43.4 Å². The van der Waals surface area contributed by atoms with E-state index in [0.717, 1.165) is 35.1 Å². The monoisotopic (exact) mass is 478 g/mol. The van der Waals surface area contributed by atoms with Gasteiger partial charge in [-0.25, -0.2) is 9.59 Å². The molecule has 0 spiro atoms. The Hall–Kier alpha value is -3.39. The first-order chi connectivity index (χ1) is 16.9. The highest BCUT2D eigenvalue weighted by molar-refractivity contribution is 5.86.